The smallest absolute Gasteiger partial charge is 0.351 e. The maximum atomic E-state index is 14.0. The summed E-state index contributed by atoms with van der Waals surface area (Å²) in [6, 6.07) is 36.2. The minimum Gasteiger partial charge on any atom is -0.497 e. The average molecular weight is 878 g/mol. The number of nitrogens with one attached hydrogen (secondary N) is 1. The third kappa shape index (κ3) is 10.7. The van der Waals surface area contributed by atoms with E-state index in [1.165, 1.54) is 11.7 Å². The Balaban J connectivity index is 1.46. The number of methoxy groups -OCH3 is 3. The van der Waals surface area contributed by atoms with Crippen molar-refractivity contribution in [2.24, 2.45) is 0 Å². The van der Waals surface area contributed by atoms with Gasteiger partial charge >= 0.3 is 5.69 Å². The second-order valence-corrected chi connectivity index (χ2v) is 16.9. The Morgan fingerprint density at radius 3 is 1.94 bits per heavy atom. The number of nitriles is 1. The second kappa shape index (κ2) is 21.7. The van der Waals surface area contributed by atoms with Crippen LogP contribution in [-0.2, 0) is 28.9 Å². The molecule has 15 heteroatoms. The number of rotatable bonds is 20. The van der Waals surface area contributed by atoms with Crippen molar-refractivity contribution < 1.29 is 37.5 Å². The molecule has 63 heavy (non-hydrogen) atoms. The van der Waals surface area contributed by atoms with Crippen LogP contribution in [0.2, 0.25) is 0 Å². The van der Waals surface area contributed by atoms with Gasteiger partial charge in [0.25, 0.3) is 14.4 Å². The van der Waals surface area contributed by atoms with Crippen molar-refractivity contribution in [3.05, 3.63) is 154 Å². The van der Waals surface area contributed by atoms with Crippen LogP contribution in [0.3, 0.4) is 0 Å². The number of aryl methyl sites for hydroxylation is 1. The van der Waals surface area contributed by atoms with Gasteiger partial charge in [0.15, 0.2) is 6.23 Å². The lowest BCUT2D eigenvalue weighted by Crippen LogP contribution is -2.43. The van der Waals surface area contributed by atoms with Gasteiger partial charge in [0, 0.05) is 36.5 Å². The predicted molar refractivity (Wildman–Crippen MR) is 241 cm³/mol. The molecule has 1 saturated heterocycles. The number of benzene rings is 4. The summed E-state index contributed by atoms with van der Waals surface area (Å²) in [6.07, 6.45) is -1.93. The Kier molecular flexibility index (Phi) is 16.2. The highest BCUT2D eigenvalue weighted by Gasteiger charge is 2.51. The van der Waals surface area contributed by atoms with E-state index >= 15 is 0 Å². The summed E-state index contributed by atoms with van der Waals surface area (Å²) >= 11 is 0. The third-order valence-corrected chi connectivity index (χ3v) is 12.9. The van der Waals surface area contributed by atoms with Gasteiger partial charge in [0.05, 0.1) is 39.9 Å². The molecule has 2 heterocycles. The zero-order valence-corrected chi connectivity index (χ0v) is 37.9. The van der Waals surface area contributed by atoms with Gasteiger partial charge in [-0.3, -0.25) is 9.36 Å². The molecule has 2 unspecified atom stereocenters. The van der Waals surface area contributed by atoms with Crippen LogP contribution >= 0.6 is 8.53 Å². The Labute approximate surface area is 370 Å². The first kappa shape index (κ1) is 47.0. The number of aromatic nitrogens is 2. The van der Waals surface area contributed by atoms with Crippen molar-refractivity contribution in [3.63, 3.8) is 0 Å². The first-order chi connectivity index (χ1) is 30.4. The van der Waals surface area contributed by atoms with Crippen molar-refractivity contribution in [2.45, 2.75) is 83.3 Å². The minimum atomic E-state index is -1.82. The highest BCUT2D eigenvalue weighted by Crippen LogP contribution is 2.51. The molecule has 5 aromatic rings. The van der Waals surface area contributed by atoms with Gasteiger partial charge < -0.3 is 38.0 Å². The summed E-state index contributed by atoms with van der Waals surface area (Å²) in [5.74, 6) is 1.08. The lowest BCUT2D eigenvalue weighted by molar-refractivity contribution is -0.0957. The number of carbonyl (C=O) groups excluding carboxylic acids is 1. The summed E-state index contributed by atoms with van der Waals surface area (Å²) in [5.41, 5.74) is 1.52. The van der Waals surface area contributed by atoms with Crippen molar-refractivity contribution in [3.8, 4) is 17.6 Å². The largest absolute Gasteiger partial charge is 0.497 e. The fourth-order valence-electron chi connectivity index (χ4n) is 7.77. The molecule has 14 nitrogen and oxygen atoms in total. The quantitative estimate of drug-likeness (QED) is 0.0454. The van der Waals surface area contributed by atoms with E-state index in [9.17, 15) is 14.9 Å². The Bertz CT molecular complexity index is 2290. The lowest BCUT2D eigenvalue weighted by atomic mass is 9.80. The molecule has 0 aliphatic carbocycles. The van der Waals surface area contributed by atoms with Crippen LogP contribution in [0.25, 0.3) is 0 Å². The van der Waals surface area contributed by atoms with Gasteiger partial charge in [0.2, 0.25) is 0 Å². The topological polar surface area (TPSA) is 156 Å². The maximum absolute atomic E-state index is 14.0. The number of anilines is 1. The van der Waals surface area contributed by atoms with E-state index in [1.807, 2.05) is 84.9 Å². The zero-order valence-electron chi connectivity index (χ0n) is 37.0. The summed E-state index contributed by atoms with van der Waals surface area (Å²) in [6.45, 7) is 10.0. The Morgan fingerprint density at radius 1 is 0.857 bits per heavy atom. The molecule has 6 rings (SSSR count). The first-order valence-corrected chi connectivity index (χ1v) is 22.0. The number of hydrogen-bond acceptors (Lipinski definition) is 12. The lowest BCUT2D eigenvalue weighted by Gasteiger charge is -2.39. The van der Waals surface area contributed by atoms with Crippen LogP contribution in [0, 0.1) is 18.3 Å². The van der Waals surface area contributed by atoms with E-state index in [1.54, 1.807) is 51.6 Å². The fraction of sp³-hybridized carbons (Fsp3) is 0.375. The van der Waals surface area contributed by atoms with E-state index in [0.717, 1.165) is 16.7 Å². The molecule has 0 spiro atoms. The molecule has 1 aliphatic rings. The maximum Gasteiger partial charge on any atom is 0.351 e. The first-order valence-electron chi connectivity index (χ1n) is 20.8. The fourth-order valence-corrected chi connectivity index (χ4v) is 9.54. The van der Waals surface area contributed by atoms with E-state index in [2.05, 4.69) is 48.7 Å². The number of carbonyl (C=O) groups is 1. The molecular weight excluding hydrogens is 822 g/mol. The van der Waals surface area contributed by atoms with E-state index in [4.69, 9.17) is 32.7 Å². The Morgan fingerprint density at radius 2 is 1.41 bits per heavy atom. The predicted octanol–water partition coefficient (Wildman–Crippen LogP) is 8.40. The summed E-state index contributed by atoms with van der Waals surface area (Å²) < 4.78 is 48.5. The molecule has 1 N–H and O–H groups in total. The monoisotopic (exact) mass is 877 g/mol. The molecular formula is C48H56N5O9P. The minimum absolute atomic E-state index is 0.00371. The molecule has 5 atom stereocenters. The number of ether oxygens (including phenoxy) is 5. The SMILES string of the molecule is COc1ccc(C(OC[C@H]2O[C@@H](n3cc(C)c(NC(=O)c4ccccc4)nc3=O)[C@@H](OC)C2OP(OCCC#N)N(C(C)C)C(C)C)(c2ccccc2)c2ccc(OC)cc2)cc1. The molecule has 1 aliphatic heterocycles. The van der Waals surface area contributed by atoms with Gasteiger partial charge in [-0.2, -0.15) is 10.2 Å². The molecule has 0 radical (unpaired) electrons. The number of amides is 1. The summed E-state index contributed by atoms with van der Waals surface area (Å²) in [4.78, 5) is 31.4. The van der Waals surface area contributed by atoms with E-state index < -0.39 is 50.3 Å². The summed E-state index contributed by atoms with van der Waals surface area (Å²) in [7, 11) is 2.96. The van der Waals surface area contributed by atoms with Crippen LogP contribution in [-0.4, -0.2) is 85.1 Å². The molecule has 4 aromatic carbocycles. The number of nitrogens with zero attached hydrogens (tertiary/aromatic N) is 4. The van der Waals surface area contributed by atoms with Gasteiger partial charge in [-0.1, -0.05) is 72.8 Å². The molecule has 1 aromatic heterocycles. The van der Waals surface area contributed by atoms with Gasteiger partial charge in [-0.05, 0) is 87.7 Å². The van der Waals surface area contributed by atoms with E-state index in [-0.39, 0.29) is 37.5 Å². The van der Waals surface area contributed by atoms with Crippen LogP contribution in [0.1, 0.15) is 73.0 Å². The Hall–Kier alpha value is -5.49. The zero-order chi connectivity index (χ0) is 45.1. The van der Waals surface area contributed by atoms with Crippen molar-refractivity contribution in [1.82, 2.24) is 14.2 Å². The molecule has 332 valence electrons. The molecule has 1 amide bonds. The van der Waals surface area contributed by atoms with Gasteiger partial charge in [0.1, 0.15) is 41.2 Å². The van der Waals surface area contributed by atoms with Crippen molar-refractivity contribution in [2.75, 3.05) is 39.9 Å². The van der Waals surface area contributed by atoms with Gasteiger partial charge in [-0.15, -0.1) is 0 Å². The highest BCUT2D eigenvalue weighted by molar-refractivity contribution is 7.44. The standard InChI is InChI=1S/C48H56N5O9P/c1-32(2)53(33(3)4)63(60-29-15-28-49)62-42-41(61-46(43(42)58-8)52-30-34(5)44(51-47(52)55)50-45(54)35-16-11-9-12-17-35)31-59-48(36-18-13-10-14-19-36,37-20-24-39(56-6)25-21-37)38-22-26-40(57-7)27-23-38/h9-14,16-27,30,32-33,41-43,46H,15,29,31H2,1-8H3,(H,50,51,54,55)/t41-,42?,43+,46-,63?/m1/s1. The van der Waals surface area contributed by atoms with Gasteiger partial charge in [-0.25, -0.2) is 9.46 Å². The molecule has 1 fully saturated rings. The van der Waals surface area contributed by atoms with Crippen LogP contribution in [0.5, 0.6) is 11.5 Å². The third-order valence-electron chi connectivity index (χ3n) is 10.7. The van der Waals surface area contributed by atoms with Crippen LogP contribution in [0.15, 0.2) is 120 Å². The molecule has 0 saturated carbocycles. The average Bonchev–Trinajstić information content (AvgIpc) is 3.64. The van der Waals surface area contributed by atoms with Crippen LogP contribution in [0.4, 0.5) is 5.82 Å². The summed E-state index contributed by atoms with van der Waals surface area (Å²) in [5, 5.41) is 12.2. The normalized spacial score (nSPS) is 18.1. The number of hydrogen-bond donors (Lipinski definition) is 1. The highest BCUT2D eigenvalue weighted by atomic mass is 31.2. The van der Waals surface area contributed by atoms with E-state index in [0.29, 0.717) is 22.6 Å². The van der Waals surface area contributed by atoms with Crippen LogP contribution < -0.4 is 20.5 Å². The van der Waals surface area contributed by atoms with Crippen molar-refractivity contribution >= 4 is 20.3 Å². The molecule has 0 bridgehead atoms. The second-order valence-electron chi connectivity index (χ2n) is 15.5. The van der Waals surface area contributed by atoms with Crippen molar-refractivity contribution in [1.29, 1.82) is 5.26 Å².